The van der Waals surface area contributed by atoms with Crippen LogP contribution in [0.15, 0.2) is 62.3 Å². The van der Waals surface area contributed by atoms with Crippen LogP contribution in [0.4, 0.5) is 0 Å². The van der Waals surface area contributed by atoms with Crippen molar-refractivity contribution in [2.75, 3.05) is 14.2 Å². The van der Waals surface area contributed by atoms with Crippen molar-refractivity contribution in [2.45, 2.75) is 19.8 Å². The predicted molar refractivity (Wildman–Crippen MR) is 116 cm³/mol. The maximum atomic E-state index is 13.2. The molecule has 2 aromatic carbocycles. The fraction of sp³-hybridized carbons (Fsp3) is 0.208. The van der Waals surface area contributed by atoms with Crippen molar-refractivity contribution in [1.82, 2.24) is 5.16 Å². The zero-order chi connectivity index (χ0) is 22.7. The van der Waals surface area contributed by atoms with Crippen LogP contribution in [0.25, 0.3) is 22.1 Å². The Morgan fingerprint density at radius 2 is 1.88 bits per heavy atom. The number of rotatable bonds is 7. The Kier molecular flexibility index (Phi) is 5.93. The van der Waals surface area contributed by atoms with Crippen LogP contribution in [0.5, 0.6) is 17.4 Å². The maximum Gasteiger partial charge on any atom is 0.311 e. The average molecular weight is 435 g/mol. The third-order valence-electron chi connectivity index (χ3n) is 4.97. The molecule has 8 heteroatoms. The van der Waals surface area contributed by atoms with Gasteiger partial charge in [0.2, 0.25) is 5.43 Å². The van der Waals surface area contributed by atoms with Crippen molar-refractivity contribution in [2.24, 2.45) is 0 Å². The molecule has 0 fully saturated rings. The van der Waals surface area contributed by atoms with Gasteiger partial charge in [-0.05, 0) is 30.3 Å². The predicted octanol–water partition coefficient (Wildman–Crippen LogP) is 4.31. The fourth-order valence-electron chi connectivity index (χ4n) is 3.43. The molecule has 0 aliphatic rings. The van der Waals surface area contributed by atoms with Gasteiger partial charge in [0.25, 0.3) is 5.88 Å². The van der Waals surface area contributed by atoms with E-state index in [-0.39, 0.29) is 17.6 Å². The lowest BCUT2D eigenvalue weighted by Crippen LogP contribution is -2.10. The van der Waals surface area contributed by atoms with Gasteiger partial charge in [-0.3, -0.25) is 9.59 Å². The smallest absolute Gasteiger partial charge is 0.311 e. The zero-order valence-corrected chi connectivity index (χ0v) is 17.8. The molecule has 0 aliphatic heterocycles. The Hall–Kier alpha value is -4.07. The highest BCUT2D eigenvalue weighted by atomic mass is 16.5. The van der Waals surface area contributed by atoms with Crippen molar-refractivity contribution < 1.29 is 27.9 Å². The van der Waals surface area contributed by atoms with Gasteiger partial charge in [-0.15, -0.1) is 0 Å². The molecule has 4 rings (SSSR count). The molecule has 0 atom stereocenters. The van der Waals surface area contributed by atoms with Crippen LogP contribution in [-0.2, 0) is 11.2 Å². The number of methoxy groups -OCH3 is 2. The molecule has 0 saturated carbocycles. The van der Waals surface area contributed by atoms with Crippen LogP contribution >= 0.6 is 0 Å². The summed E-state index contributed by atoms with van der Waals surface area (Å²) in [5.41, 5.74) is 1.23. The SMILES string of the molecule is COc1cc(CCC(=O)Oc2ccc3c(=O)c(-c4ccccc4OC)c(C)oc3c2)on1. The monoisotopic (exact) mass is 435 g/mol. The van der Waals surface area contributed by atoms with Crippen LogP contribution in [0.2, 0.25) is 0 Å². The molecule has 2 aromatic heterocycles. The molecule has 0 unspecified atom stereocenters. The van der Waals surface area contributed by atoms with Gasteiger partial charge in [0.05, 0.1) is 31.6 Å². The quantitative estimate of drug-likeness (QED) is 0.313. The van der Waals surface area contributed by atoms with Crippen LogP contribution in [0.1, 0.15) is 17.9 Å². The van der Waals surface area contributed by atoms with Gasteiger partial charge >= 0.3 is 5.97 Å². The number of aryl methyl sites for hydroxylation is 2. The summed E-state index contributed by atoms with van der Waals surface area (Å²) >= 11 is 0. The molecule has 0 spiro atoms. The number of nitrogens with zero attached hydrogens (tertiary/aromatic N) is 1. The number of ether oxygens (including phenoxy) is 3. The van der Waals surface area contributed by atoms with Crippen molar-refractivity contribution in [3.8, 4) is 28.5 Å². The highest BCUT2D eigenvalue weighted by Crippen LogP contribution is 2.32. The van der Waals surface area contributed by atoms with Gasteiger partial charge in [0, 0.05) is 24.1 Å². The minimum Gasteiger partial charge on any atom is -0.496 e. The number of carbonyl (C=O) groups excluding carboxylic acids is 1. The summed E-state index contributed by atoms with van der Waals surface area (Å²) in [6.45, 7) is 1.72. The number of hydrogen-bond acceptors (Lipinski definition) is 8. The van der Waals surface area contributed by atoms with Crippen molar-refractivity contribution in [3.05, 3.63) is 70.3 Å². The first kappa shape index (κ1) is 21.2. The summed E-state index contributed by atoms with van der Waals surface area (Å²) < 4.78 is 26.7. The third-order valence-corrected chi connectivity index (χ3v) is 4.97. The molecule has 0 aliphatic carbocycles. The Labute approximate surface area is 183 Å². The lowest BCUT2D eigenvalue weighted by Gasteiger charge is -2.11. The molecule has 32 heavy (non-hydrogen) atoms. The Morgan fingerprint density at radius 3 is 2.62 bits per heavy atom. The molecule has 0 amide bonds. The van der Waals surface area contributed by atoms with Crippen molar-refractivity contribution >= 4 is 16.9 Å². The molecule has 0 N–H and O–H groups in total. The van der Waals surface area contributed by atoms with E-state index in [1.165, 1.54) is 13.2 Å². The lowest BCUT2D eigenvalue weighted by atomic mass is 10.0. The van der Waals surface area contributed by atoms with Crippen LogP contribution in [0, 0.1) is 6.92 Å². The number of esters is 1. The number of fused-ring (bicyclic) bond motifs is 1. The molecule has 0 bridgehead atoms. The minimum atomic E-state index is -0.454. The second-order valence-corrected chi connectivity index (χ2v) is 7.03. The highest BCUT2D eigenvalue weighted by Gasteiger charge is 2.18. The minimum absolute atomic E-state index is 0.0894. The van der Waals surface area contributed by atoms with Gasteiger partial charge in [-0.1, -0.05) is 18.2 Å². The van der Waals surface area contributed by atoms with Gasteiger partial charge in [0.1, 0.15) is 28.6 Å². The molecule has 2 heterocycles. The number of benzene rings is 2. The molecule has 8 nitrogen and oxygen atoms in total. The fourth-order valence-corrected chi connectivity index (χ4v) is 3.43. The summed E-state index contributed by atoms with van der Waals surface area (Å²) in [4.78, 5) is 25.4. The van der Waals surface area contributed by atoms with E-state index in [1.54, 1.807) is 38.3 Å². The average Bonchev–Trinajstić information content (AvgIpc) is 3.26. The molecule has 0 radical (unpaired) electrons. The number of para-hydroxylation sites is 1. The molecular weight excluding hydrogens is 414 g/mol. The standard InChI is InChI=1S/C24H21NO7/c1-14-23(17-6-4-5-7-19(17)28-2)24(27)18-10-8-15(12-20(18)30-14)31-22(26)11-9-16-13-21(29-3)25-32-16/h4-8,10,12-13H,9,11H2,1-3H3. The van der Waals surface area contributed by atoms with E-state index >= 15 is 0 Å². The molecule has 4 aromatic rings. The summed E-state index contributed by atoms with van der Waals surface area (Å²) in [6.07, 6.45) is 0.408. The number of carbonyl (C=O) groups is 1. The molecule has 164 valence electrons. The summed E-state index contributed by atoms with van der Waals surface area (Å²) in [6, 6.07) is 13.6. The van der Waals surface area contributed by atoms with Crippen molar-refractivity contribution in [3.63, 3.8) is 0 Å². The van der Waals surface area contributed by atoms with E-state index < -0.39 is 5.97 Å². The second-order valence-electron chi connectivity index (χ2n) is 7.03. The molecular formula is C24H21NO7. The lowest BCUT2D eigenvalue weighted by molar-refractivity contribution is -0.134. The first-order valence-electron chi connectivity index (χ1n) is 9.91. The van der Waals surface area contributed by atoms with E-state index in [1.807, 2.05) is 18.2 Å². The third kappa shape index (κ3) is 4.20. The topological polar surface area (TPSA) is 101 Å². The first-order chi connectivity index (χ1) is 15.5. The Morgan fingerprint density at radius 1 is 1.06 bits per heavy atom. The Bertz CT molecular complexity index is 1340. The maximum absolute atomic E-state index is 13.2. The van der Waals surface area contributed by atoms with Crippen molar-refractivity contribution in [1.29, 1.82) is 0 Å². The van der Waals surface area contributed by atoms with Gasteiger partial charge < -0.3 is 23.2 Å². The normalized spacial score (nSPS) is 10.8. The van der Waals surface area contributed by atoms with Crippen LogP contribution in [-0.4, -0.2) is 25.3 Å². The Balaban J connectivity index is 1.57. The van der Waals surface area contributed by atoms with E-state index in [9.17, 15) is 9.59 Å². The van der Waals surface area contributed by atoms with E-state index in [2.05, 4.69) is 5.16 Å². The van der Waals surface area contributed by atoms with Gasteiger partial charge in [0.15, 0.2) is 0 Å². The summed E-state index contributed by atoms with van der Waals surface area (Å²) in [5.74, 6) is 1.71. The summed E-state index contributed by atoms with van der Waals surface area (Å²) in [5, 5.41) is 4.07. The number of hydrogen-bond donors (Lipinski definition) is 0. The van der Waals surface area contributed by atoms with Crippen LogP contribution in [0.3, 0.4) is 0 Å². The second kappa shape index (κ2) is 8.97. The first-order valence-corrected chi connectivity index (χ1v) is 9.91. The van der Waals surface area contributed by atoms with Gasteiger partial charge in [-0.25, -0.2) is 0 Å². The molecule has 0 saturated heterocycles. The van der Waals surface area contributed by atoms with E-state index in [0.29, 0.717) is 51.7 Å². The summed E-state index contributed by atoms with van der Waals surface area (Å²) in [7, 11) is 3.03. The van der Waals surface area contributed by atoms with E-state index in [4.69, 9.17) is 23.2 Å². The number of aromatic nitrogens is 1. The largest absolute Gasteiger partial charge is 0.496 e. The highest BCUT2D eigenvalue weighted by molar-refractivity contribution is 5.85. The van der Waals surface area contributed by atoms with Crippen LogP contribution < -0.4 is 19.6 Å². The zero-order valence-electron chi connectivity index (χ0n) is 17.8. The van der Waals surface area contributed by atoms with Gasteiger partial charge in [-0.2, -0.15) is 0 Å². The van der Waals surface area contributed by atoms with E-state index in [0.717, 1.165) is 0 Å².